The van der Waals surface area contributed by atoms with E-state index in [0.29, 0.717) is 26.3 Å². The lowest BCUT2D eigenvalue weighted by Crippen LogP contribution is -2.52. The number of benzene rings is 1. The van der Waals surface area contributed by atoms with Crippen LogP contribution < -0.4 is 16.4 Å². The van der Waals surface area contributed by atoms with Gasteiger partial charge in [-0.3, -0.25) is 4.79 Å². The van der Waals surface area contributed by atoms with E-state index in [4.69, 9.17) is 16.2 Å². The van der Waals surface area contributed by atoms with E-state index in [1.165, 1.54) is 0 Å². The zero-order valence-corrected chi connectivity index (χ0v) is 10.6. The lowest BCUT2D eigenvalue weighted by molar-refractivity contribution is -0.121. The highest BCUT2D eigenvalue weighted by molar-refractivity contribution is 5.84. The van der Waals surface area contributed by atoms with Gasteiger partial charge >= 0.3 is 0 Å². The van der Waals surface area contributed by atoms with Crippen LogP contribution >= 0.6 is 0 Å². The average Bonchev–Trinajstić information content (AvgIpc) is 2.38. The number of primary amides is 1. The highest BCUT2D eigenvalue weighted by Gasteiger charge is 2.27. The molecule has 0 spiro atoms. The van der Waals surface area contributed by atoms with E-state index in [0.717, 1.165) is 16.8 Å². The molecule has 4 N–H and O–H groups in total. The second kappa shape index (κ2) is 5.37. The van der Waals surface area contributed by atoms with Crippen LogP contribution in [0.1, 0.15) is 11.1 Å². The normalized spacial score (nSPS) is 19.9. The van der Waals surface area contributed by atoms with Crippen LogP contribution in [0.3, 0.4) is 0 Å². The standard InChI is InChI=1S/C13H19N3O2/c1-9-6-11(3-2-10(9)7-14)16-4-5-18-8-12(16)13(15)17/h2-3,6,12H,4-5,7-8,14H2,1H3,(H2,15,17). The first kappa shape index (κ1) is 12.9. The van der Waals surface area contributed by atoms with Crippen LogP contribution in [0.15, 0.2) is 18.2 Å². The van der Waals surface area contributed by atoms with Crippen molar-refractivity contribution in [3.05, 3.63) is 29.3 Å². The first-order valence-corrected chi connectivity index (χ1v) is 6.06. The molecule has 0 aromatic heterocycles. The van der Waals surface area contributed by atoms with Gasteiger partial charge in [0.05, 0.1) is 13.2 Å². The van der Waals surface area contributed by atoms with Crippen molar-refractivity contribution in [2.75, 3.05) is 24.7 Å². The Labute approximate surface area is 107 Å². The summed E-state index contributed by atoms with van der Waals surface area (Å²) in [5.41, 5.74) is 14.3. The maximum atomic E-state index is 11.4. The summed E-state index contributed by atoms with van der Waals surface area (Å²) in [7, 11) is 0. The molecule has 1 aromatic carbocycles. The summed E-state index contributed by atoms with van der Waals surface area (Å²) in [6.07, 6.45) is 0. The van der Waals surface area contributed by atoms with E-state index in [1.807, 2.05) is 30.0 Å². The van der Waals surface area contributed by atoms with Gasteiger partial charge in [0, 0.05) is 18.8 Å². The minimum Gasteiger partial charge on any atom is -0.377 e. The van der Waals surface area contributed by atoms with Gasteiger partial charge in [0.1, 0.15) is 6.04 Å². The molecule has 0 radical (unpaired) electrons. The fraction of sp³-hybridized carbons (Fsp3) is 0.462. The third-order valence-electron chi connectivity index (χ3n) is 3.33. The molecule has 1 amide bonds. The number of morpholine rings is 1. The van der Waals surface area contributed by atoms with Gasteiger partial charge in [-0.15, -0.1) is 0 Å². The lowest BCUT2D eigenvalue weighted by atomic mass is 10.1. The predicted molar refractivity (Wildman–Crippen MR) is 70.2 cm³/mol. The number of aryl methyl sites for hydroxylation is 1. The Morgan fingerprint density at radius 1 is 1.56 bits per heavy atom. The van der Waals surface area contributed by atoms with Crippen molar-refractivity contribution in [2.24, 2.45) is 11.5 Å². The molecule has 98 valence electrons. The molecule has 0 saturated carbocycles. The number of ether oxygens (including phenoxy) is 1. The van der Waals surface area contributed by atoms with Crippen LogP contribution in [0.5, 0.6) is 0 Å². The molecule has 1 aliphatic rings. The molecule has 1 aromatic rings. The summed E-state index contributed by atoms with van der Waals surface area (Å²) in [5, 5.41) is 0. The summed E-state index contributed by atoms with van der Waals surface area (Å²) < 4.78 is 5.31. The Kier molecular flexibility index (Phi) is 3.84. The number of nitrogens with zero attached hydrogens (tertiary/aromatic N) is 1. The quantitative estimate of drug-likeness (QED) is 0.798. The minimum absolute atomic E-state index is 0.352. The van der Waals surface area contributed by atoms with Crippen molar-refractivity contribution in [1.82, 2.24) is 0 Å². The highest BCUT2D eigenvalue weighted by atomic mass is 16.5. The van der Waals surface area contributed by atoms with E-state index in [1.54, 1.807) is 0 Å². The van der Waals surface area contributed by atoms with Crippen LogP contribution in [0.2, 0.25) is 0 Å². The van der Waals surface area contributed by atoms with Gasteiger partial charge < -0.3 is 21.1 Å². The molecule has 1 unspecified atom stereocenters. The average molecular weight is 249 g/mol. The highest BCUT2D eigenvalue weighted by Crippen LogP contribution is 2.22. The van der Waals surface area contributed by atoms with Crippen LogP contribution in [-0.4, -0.2) is 31.7 Å². The van der Waals surface area contributed by atoms with Gasteiger partial charge in [-0.05, 0) is 30.2 Å². The summed E-state index contributed by atoms with van der Waals surface area (Å²) in [6, 6.07) is 5.64. The van der Waals surface area contributed by atoms with Gasteiger partial charge in [0.25, 0.3) is 0 Å². The number of hydrogen-bond donors (Lipinski definition) is 2. The molecule has 1 saturated heterocycles. The first-order valence-electron chi connectivity index (χ1n) is 6.06. The van der Waals surface area contributed by atoms with Crippen molar-refractivity contribution in [3.8, 4) is 0 Å². The fourth-order valence-corrected chi connectivity index (χ4v) is 2.24. The van der Waals surface area contributed by atoms with E-state index in [2.05, 4.69) is 0 Å². The van der Waals surface area contributed by atoms with Crippen molar-refractivity contribution in [2.45, 2.75) is 19.5 Å². The third-order valence-corrected chi connectivity index (χ3v) is 3.33. The van der Waals surface area contributed by atoms with E-state index < -0.39 is 0 Å². The van der Waals surface area contributed by atoms with Gasteiger partial charge in [0.15, 0.2) is 0 Å². The molecule has 0 aliphatic carbocycles. The first-order chi connectivity index (χ1) is 8.63. The van der Waals surface area contributed by atoms with Crippen LogP contribution in [-0.2, 0) is 16.1 Å². The van der Waals surface area contributed by atoms with Crippen molar-refractivity contribution < 1.29 is 9.53 Å². The molecule has 1 atom stereocenters. The second-order valence-corrected chi connectivity index (χ2v) is 4.50. The molecule has 5 heteroatoms. The Hall–Kier alpha value is -1.59. The number of anilines is 1. The van der Waals surface area contributed by atoms with E-state index >= 15 is 0 Å². The summed E-state index contributed by atoms with van der Waals surface area (Å²) in [5.74, 6) is -0.352. The number of carbonyl (C=O) groups excluding carboxylic acids is 1. The molecule has 0 bridgehead atoms. The Balaban J connectivity index is 2.28. The molecule has 1 heterocycles. The molecule has 5 nitrogen and oxygen atoms in total. The maximum absolute atomic E-state index is 11.4. The smallest absolute Gasteiger partial charge is 0.242 e. The largest absolute Gasteiger partial charge is 0.377 e. The van der Waals surface area contributed by atoms with Gasteiger partial charge in [-0.2, -0.15) is 0 Å². The summed E-state index contributed by atoms with van der Waals surface area (Å²) in [6.45, 7) is 4.18. The van der Waals surface area contributed by atoms with E-state index in [-0.39, 0.29) is 11.9 Å². The Bertz CT molecular complexity index is 448. The van der Waals surface area contributed by atoms with E-state index in [9.17, 15) is 4.79 Å². The monoisotopic (exact) mass is 249 g/mol. The zero-order chi connectivity index (χ0) is 13.1. The van der Waals surface area contributed by atoms with Crippen molar-refractivity contribution in [1.29, 1.82) is 0 Å². The molecule has 1 fully saturated rings. The molecule has 2 rings (SSSR count). The zero-order valence-electron chi connectivity index (χ0n) is 10.6. The Morgan fingerprint density at radius 2 is 2.33 bits per heavy atom. The molecule has 1 aliphatic heterocycles. The maximum Gasteiger partial charge on any atom is 0.242 e. The van der Waals surface area contributed by atoms with Crippen LogP contribution in [0.25, 0.3) is 0 Å². The van der Waals surface area contributed by atoms with Crippen LogP contribution in [0, 0.1) is 6.92 Å². The van der Waals surface area contributed by atoms with Gasteiger partial charge in [0.2, 0.25) is 5.91 Å². The summed E-state index contributed by atoms with van der Waals surface area (Å²) in [4.78, 5) is 13.4. The number of hydrogen-bond acceptors (Lipinski definition) is 4. The van der Waals surface area contributed by atoms with Gasteiger partial charge in [-0.1, -0.05) is 6.07 Å². The second-order valence-electron chi connectivity index (χ2n) is 4.50. The molecule has 18 heavy (non-hydrogen) atoms. The topological polar surface area (TPSA) is 81.6 Å². The number of nitrogens with two attached hydrogens (primary N) is 2. The number of carbonyl (C=O) groups is 1. The predicted octanol–water partition coefficient (Wildman–Crippen LogP) is 0.144. The number of amides is 1. The third kappa shape index (κ3) is 2.47. The van der Waals surface area contributed by atoms with Crippen molar-refractivity contribution in [3.63, 3.8) is 0 Å². The Morgan fingerprint density at radius 3 is 2.94 bits per heavy atom. The SMILES string of the molecule is Cc1cc(N2CCOCC2C(N)=O)ccc1CN. The lowest BCUT2D eigenvalue weighted by Gasteiger charge is -2.35. The van der Waals surface area contributed by atoms with Gasteiger partial charge in [-0.25, -0.2) is 0 Å². The molecular formula is C13H19N3O2. The fourth-order valence-electron chi connectivity index (χ4n) is 2.24. The summed E-state index contributed by atoms with van der Waals surface area (Å²) >= 11 is 0. The molecular weight excluding hydrogens is 230 g/mol. The number of rotatable bonds is 3. The minimum atomic E-state index is -0.387. The van der Waals surface area contributed by atoms with Crippen LogP contribution in [0.4, 0.5) is 5.69 Å². The van der Waals surface area contributed by atoms with Crippen molar-refractivity contribution >= 4 is 11.6 Å².